The molecule has 17 fully saturated rings. The molecular weight excluding hydrogens is 1450 g/mol. The highest BCUT2D eigenvalue weighted by Crippen LogP contribution is 2.68. The molecule has 22 nitrogen and oxygen atoms in total. The predicted molar refractivity (Wildman–Crippen MR) is 411 cm³/mol. The Balaban J connectivity index is 0.000000114. The van der Waals surface area contributed by atoms with Crippen LogP contribution in [0.4, 0.5) is 0 Å². The summed E-state index contributed by atoms with van der Waals surface area (Å²) >= 11 is 4.64. The fourth-order valence-electron chi connectivity index (χ4n) is 24.6. The molecule has 15 aliphatic carbocycles. The zero-order chi connectivity index (χ0) is 76.2. The van der Waals surface area contributed by atoms with Gasteiger partial charge in [-0.2, -0.15) is 0 Å². The molecule has 3 aromatic carbocycles. The maximum absolute atomic E-state index is 11.6. The van der Waals surface area contributed by atoms with Crippen LogP contribution in [-0.4, -0.2) is 134 Å². The van der Waals surface area contributed by atoms with Crippen molar-refractivity contribution in [3.05, 3.63) is 108 Å². The van der Waals surface area contributed by atoms with Gasteiger partial charge in [-0.25, -0.2) is 0 Å². The molecule has 596 valence electrons. The maximum Gasteiger partial charge on any atom is 0.303 e. The first kappa shape index (κ1) is 79.8. The van der Waals surface area contributed by atoms with Crippen LogP contribution in [0.15, 0.2) is 112 Å². The number of aliphatic hydroxyl groups is 2. The van der Waals surface area contributed by atoms with E-state index in [2.05, 4.69) is 44.4 Å². The summed E-state index contributed by atoms with van der Waals surface area (Å²) in [6.45, 7) is 8.33. The first-order valence-electron chi connectivity index (χ1n) is 40.6. The number of hydrogen-bond acceptors (Lipinski definition) is 22. The Hall–Kier alpha value is -6.82. The summed E-state index contributed by atoms with van der Waals surface area (Å²) in [5.74, 6) is 4.37. The van der Waals surface area contributed by atoms with Gasteiger partial charge in [-0.1, -0.05) is 112 Å². The Morgan fingerprint density at radius 3 is 0.945 bits per heavy atom. The third kappa shape index (κ3) is 16.0. The molecule has 4 N–H and O–H groups in total. The summed E-state index contributed by atoms with van der Waals surface area (Å²) in [5, 5.41) is 54.7. The Morgan fingerprint density at radius 2 is 0.655 bits per heavy atom. The Kier molecular flexibility index (Phi) is 23.9. The van der Waals surface area contributed by atoms with Crippen LogP contribution < -0.4 is 0 Å². The zero-order valence-electron chi connectivity index (χ0n) is 64.1. The third-order valence-corrected chi connectivity index (χ3v) is 29.0. The molecule has 20 rings (SSSR count). The Labute approximate surface area is 656 Å². The summed E-state index contributed by atoms with van der Waals surface area (Å²) in [6.07, 6.45) is 25.9. The van der Waals surface area contributed by atoms with E-state index in [1.807, 2.05) is 78.9 Å². The summed E-state index contributed by atoms with van der Waals surface area (Å²) in [4.78, 5) is 72.0. The van der Waals surface area contributed by atoms with Gasteiger partial charge in [0, 0.05) is 91.1 Å². The Bertz CT molecular complexity index is 3890. The average molecular weight is 1560 g/mol. The second-order valence-electron chi connectivity index (χ2n) is 35.1. The summed E-state index contributed by atoms with van der Waals surface area (Å²) in [6, 6.07) is 30.3. The van der Waals surface area contributed by atoms with Crippen molar-refractivity contribution in [3.63, 3.8) is 0 Å². The number of fused-ring (bicyclic) bond motifs is 17. The number of benzene rings is 3. The van der Waals surface area contributed by atoms with Gasteiger partial charge in [-0.05, 0) is 224 Å². The minimum absolute atomic E-state index is 0. The molecule has 15 saturated carbocycles. The average Bonchev–Trinajstić information content (AvgIpc) is 1.54. The van der Waals surface area contributed by atoms with Crippen molar-refractivity contribution in [3.8, 4) is 0 Å². The first-order chi connectivity index (χ1) is 52.5. The van der Waals surface area contributed by atoms with Gasteiger partial charge in [0.15, 0.2) is 0 Å². The Morgan fingerprint density at radius 1 is 0.400 bits per heavy atom. The molecule has 2 saturated heterocycles. The van der Waals surface area contributed by atoms with Crippen LogP contribution in [-0.2, 0) is 86.7 Å². The number of carbonyl (C=O) groups is 5. The van der Waals surface area contributed by atoms with Crippen molar-refractivity contribution in [2.45, 2.75) is 276 Å². The second kappa shape index (κ2) is 32.9. The van der Waals surface area contributed by atoms with Crippen LogP contribution in [0.1, 0.15) is 212 Å². The lowest BCUT2D eigenvalue weighted by atomic mass is 9.70. The van der Waals surface area contributed by atoms with E-state index in [1.54, 1.807) is 0 Å². The number of esters is 4. The van der Waals surface area contributed by atoms with E-state index in [0.29, 0.717) is 136 Å². The molecule has 10 bridgehead atoms. The smallest absolute Gasteiger partial charge is 0.303 e. The van der Waals surface area contributed by atoms with Gasteiger partial charge in [0.2, 0.25) is 5.24 Å². The molecule has 20 atom stereocenters. The second-order valence-corrected chi connectivity index (χ2v) is 35.6. The zero-order valence-corrected chi connectivity index (χ0v) is 65.7. The summed E-state index contributed by atoms with van der Waals surface area (Å²) < 4.78 is 32.9. The standard InChI is InChI=1S/C22H27NO5.C18H23NO3.C18H21NO2.C15H21NO4.C11H15NO2.C2H3ClO.ClH/c1-14(24)27-19-11-22(12-20(19)28-15(2)25)18-9-8-17(10-18)21(22)23-26-13-16-6-4-3-5-7-16;20-15-9-18(10-16(15)21)14-7-6-13(8-14)17(18)19-22-11-12-4-2-1-3-5-12;1-2-4-12(5-3-1)11-20-19-17-13-6-7-14(8-13)18(17)9-15-16(10-18)21-15;1-8(17)19-12-6-15(7-13(12)20-9(2)18)11-4-3-10(5-11)14(15)16;13-12-10-6-1-2-7(3-6)11(10)4-8-9(5-11)14-8;1-2(3)4;/h3-7,17-20H,8-13H2,1-2H3;1-5,13-16,20-21H,6-11H2;1-5,13-16H,6-11H2;10-13,16H,3-7H2,1-2H3;6-9,13H,1-5H2;1H3;1H/b23-21+;2*19-17+;;12-10-;;/t17-,18+,19+,20+;13-,14+,15+,16+;13-,14+,15?,16?,18?;10-,11+,12+,13+;6-,7+,8?,9?,11?;;/m11111../s1. The van der Waals surface area contributed by atoms with Crippen LogP contribution in [0, 0.1) is 91.7 Å². The molecule has 0 radical (unpaired) electrons. The largest absolute Gasteiger partial charge is 0.459 e. The molecule has 0 aromatic heterocycles. The molecule has 2 heterocycles. The number of epoxide rings is 2. The monoisotopic (exact) mass is 1560 g/mol. The number of ether oxygens (including phenoxy) is 6. The topological polar surface area (TPSA) is 309 Å². The van der Waals surface area contributed by atoms with Gasteiger partial charge < -0.3 is 63.8 Å². The van der Waals surface area contributed by atoms with Gasteiger partial charge in [0.1, 0.15) is 44.2 Å². The highest BCUT2D eigenvalue weighted by molar-refractivity contribution is 6.62. The molecule has 4 unspecified atom stereocenters. The lowest BCUT2D eigenvalue weighted by Gasteiger charge is -2.35. The van der Waals surface area contributed by atoms with E-state index < -0.39 is 36.6 Å². The molecule has 5 spiro atoms. The van der Waals surface area contributed by atoms with Crippen molar-refractivity contribution in [2.75, 3.05) is 0 Å². The highest BCUT2D eigenvalue weighted by atomic mass is 35.5. The van der Waals surface area contributed by atoms with Crippen LogP contribution in [0.2, 0.25) is 0 Å². The van der Waals surface area contributed by atoms with Crippen molar-refractivity contribution >= 4 is 81.7 Å². The third-order valence-electron chi connectivity index (χ3n) is 29.0. The lowest BCUT2D eigenvalue weighted by Crippen LogP contribution is -2.36. The van der Waals surface area contributed by atoms with Crippen LogP contribution in [0.3, 0.4) is 0 Å². The van der Waals surface area contributed by atoms with E-state index in [9.17, 15) is 34.2 Å². The summed E-state index contributed by atoms with van der Waals surface area (Å²) in [5.41, 5.74) is 8.98. The molecule has 2 aliphatic heterocycles. The van der Waals surface area contributed by atoms with Crippen molar-refractivity contribution in [2.24, 2.45) is 107 Å². The van der Waals surface area contributed by atoms with E-state index in [-0.39, 0.29) is 63.2 Å². The molecular formula is C86H111Cl2N5O17. The van der Waals surface area contributed by atoms with Gasteiger partial charge >= 0.3 is 23.9 Å². The number of rotatable bonds is 13. The van der Waals surface area contributed by atoms with Crippen LogP contribution in [0.25, 0.3) is 0 Å². The molecule has 110 heavy (non-hydrogen) atoms. The van der Waals surface area contributed by atoms with Crippen molar-refractivity contribution in [1.29, 1.82) is 5.41 Å². The minimum Gasteiger partial charge on any atom is -0.459 e. The fourth-order valence-corrected chi connectivity index (χ4v) is 24.6. The number of halogens is 2. The first-order valence-corrected chi connectivity index (χ1v) is 40.9. The molecule has 24 heteroatoms. The highest BCUT2D eigenvalue weighted by Gasteiger charge is 2.69. The predicted octanol–water partition coefficient (Wildman–Crippen LogP) is 14.7. The van der Waals surface area contributed by atoms with E-state index >= 15 is 0 Å². The summed E-state index contributed by atoms with van der Waals surface area (Å²) in [7, 11) is 0. The van der Waals surface area contributed by atoms with Crippen molar-refractivity contribution in [1.82, 2.24) is 0 Å². The number of hydrogen-bond donors (Lipinski definition) is 4. The maximum atomic E-state index is 11.6. The van der Waals surface area contributed by atoms with Gasteiger partial charge in [-0.3, -0.25) is 24.0 Å². The molecule has 17 aliphatic rings. The number of oxime groups is 4. The van der Waals surface area contributed by atoms with E-state index in [0.717, 1.165) is 104 Å². The van der Waals surface area contributed by atoms with Gasteiger partial charge in [-0.15, -0.1) is 12.4 Å². The van der Waals surface area contributed by atoms with Crippen molar-refractivity contribution < 1.29 is 82.3 Å². The normalized spacial score (nSPS) is 38.7. The molecule has 0 amide bonds. The number of nitrogens with one attached hydrogen (secondary N) is 1. The minimum atomic E-state index is -0.612. The van der Waals surface area contributed by atoms with Gasteiger partial charge in [0.25, 0.3) is 0 Å². The quantitative estimate of drug-likeness (QED) is 0.0309. The molecule has 3 aromatic rings. The van der Waals surface area contributed by atoms with Crippen LogP contribution >= 0.6 is 24.0 Å². The number of nitrogens with zero attached hydrogens (tertiary/aromatic N) is 4. The SMILES string of the molecule is CC(=O)Cl.CC(=O)O[C@H]1CC2(C[C@@H]1OC(C)=O)/C(=N/OCc1ccccc1)[C@@H]1CC[C@H]2C1.CC(=O)O[C@H]1CC2(C[C@@H]1OC(C)=O)C(=N)[C@@H]1CC[C@H]2C1.Cl.O/N=C1/[C@@H]2CC[C@@H](C2)C12CC1OC1C2.O[C@H]1CC2(C[C@@H]1O)/C(=N/OCc1ccccc1)[C@@H]1CC[C@H]2C1.c1ccc(CO/N=C2\[C@@H]3CC[C@@H](C3)C23CC2OC2C3)cc1. The number of aliphatic hydroxyl groups excluding tert-OH is 2. The van der Waals surface area contributed by atoms with Crippen LogP contribution in [0.5, 0.6) is 0 Å². The van der Waals surface area contributed by atoms with Gasteiger partial charge in [0.05, 0.1) is 59.5 Å². The fraction of sp³-hybridized carbons (Fsp3) is 0.674. The number of carbonyl (C=O) groups excluding carboxylic acids is 5. The van der Waals surface area contributed by atoms with E-state index in [4.69, 9.17) is 53.6 Å². The van der Waals surface area contributed by atoms with E-state index in [1.165, 1.54) is 110 Å². The lowest BCUT2D eigenvalue weighted by molar-refractivity contribution is -0.162.